The number of nitriles is 1. The molecule has 2 amide bonds. The number of hydrogen-bond acceptors (Lipinski definition) is 5. The standard InChI is InChI=1S/C26H32N4O3/c1-28(26(31)30-14-17-32-18-15-30)24-11-13-29(20-24)12-2-16-33-25-9-7-23(8-10-25)22-5-3-21(19-27)4-6-22/h3-10,24H,2,11-18,20H2,1H3/t24-/m1/s1. The zero-order chi connectivity index (χ0) is 23.0. The average Bonchev–Trinajstić information content (AvgIpc) is 3.36. The van der Waals surface area contributed by atoms with Crippen LogP contribution >= 0.6 is 0 Å². The predicted octanol–water partition coefficient (Wildman–Crippen LogP) is 3.45. The summed E-state index contributed by atoms with van der Waals surface area (Å²) in [6.07, 6.45) is 1.97. The van der Waals surface area contributed by atoms with Gasteiger partial charge in [0.05, 0.1) is 31.5 Å². The van der Waals surface area contributed by atoms with Crippen LogP contribution in [0.15, 0.2) is 48.5 Å². The van der Waals surface area contributed by atoms with Gasteiger partial charge < -0.3 is 24.2 Å². The molecule has 0 bridgehead atoms. The molecule has 33 heavy (non-hydrogen) atoms. The largest absolute Gasteiger partial charge is 0.494 e. The fourth-order valence-electron chi connectivity index (χ4n) is 4.42. The molecule has 0 radical (unpaired) electrons. The number of benzene rings is 2. The molecule has 2 fully saturated rings. The molecule has 1 atom stereocenters. The first kappa shape index (κ1) is 23.1. The summed E-state index contributed by atoms with van der Waals surface area (Å²) in [6, 6.07) is 18.2. The van der Waals surface area contributed by atoms with Gasteiger partial charge in [-0.1, -0.05) is 24.3 Å². The van der Waals surface area contributed by atoms with Gasteiger partial charge >= 0.3 is 6.03 Å². The van der Waals surface area contributed by atoms with Crippen molar-refractivity contribution in [3.8, 4) is 22.9 Å². The van der Waals surface area contributed by atoms with Crippen molar-refractivity contribution in [2.45, 2.75) is 18.9 Å². The van der Waals surface area contributed by atoms with Crippen molar-refractivity contribution < 1.29 is 14.3 Å². The van der Waals surface area contributed by atoms with Crippen molar-refractivity contribution in [2.75, 3.05) is 59.6 Å². The number of hydrogen-bond donors (Lipinski definition) is 0. The quantitative estimate of drug-likeness (QED) is 0.607. The lowest BCUT2D eigenvalue weighted by Gasteiger charge is -2.33. The summed E-state index contributed by atoms with van der Waals surface area (Å²) < 4.78 is 11.3. The summed E-state index contributed by atoms with van der Waals surface area (Å²) in [5, 5.41) is 8.93. The fourth-order valence-corrected chi connectivity index (χ4v) is 4.42. The van der Waals surface area contributed by atoms with Crippen LogP contribution < -0.4 is 4.74 Å². The molecule has 2 saturated heterocycles. The van der Waals surface area contributed by atoms with E-state index in [1.54, 1.807) is 0 Å². The summed E-state index contributed by atoms with van der Waals surface area (Å²) in [5.41, 5.74) is 2.85. The van der Waals surface area contributed by atoms with Crippen molar-refractivity contribution >= 4 is 6.03 Å². The molecular weight excluding hydrogens is 416 g/mol. The summed E-state index contributed by atoms with van der Waals surface area (Å²) in [5.74, 6) is 0.863. The number of likely N-dealkylation sites (tertiary alicyclic amines) is 1. The molecule has 174 valence electrons. The van der Waals surface area contributed by atoms with Gasteiger partial charge in [0.15, 0.2) is 0 Å². The highest BCUT2D eigenvalue weighted by Gasteiger charge is 2.30. The van der Waals surface area contributed by atoms with Crippen LogP contribution in [0.3, 0.4) is 0 Å². The molecule has 0 spiro atoms. The Balaban J connectivity index is 1.16. The van der Waals surface area contributed by atoms with Gasteiger partial charge in [-0.15, -0.1) is 0 Å². The molecule has 2 heterocycles. The lowest BCUT2D eigenvalue weighted by atomic mass is 10.0. The van der Waals surface area contributed by atoms with Gasteiger partial charge in [0.25, 0.3) is 0 Å². The molecule has 4 rings (SSSR count). The van der Waals surface area contributed by atoms with Crippen LogP contribution in [0, 0.1) is 11.3 Å². The molecule has 2 aliphatic heterocycles. The second-order valence-corrected chi connectivity index (χ2v) is 8.65. The molecule has 0 aliphatic carbocycles. The molecule has 0 unspecified atom stereocenters. The van der Waals surface area contributed by atoms with Crippen molar-refractivity contribution in [3.05, 3.63) is 54.1 Å². The van der Waals surface area contributed by atoms with Gasteiger partial charge in [0, 0.05) is 45.8 Å². The first-order valence-electron chi connectivity index (χ1n) is 11.7. The lowest BCUT2D eigenvalue weighted by molar-refractivity contribution is 0.0423. The zero-order valence-electron chi connectivity index (χ0n) is 19.3. The number of urea groups is 1. The van der Waals surface area contributed by atoms with E-state index in [-0.39, 0.29) is 12.1 Å². The molecule has 0 N–H and O–H groups in total. The van der Waals surface area contributed by atoms with E-state index in [1.807, 2.05) is 65.4 Å². The number of likely N-dealkylation sites (N-methyl/N-ethyl adjacent to an activating group) is 1. The topological polar surface area (TPSA) is 69.0 Å². The monoisotopic (exact) mass is 448 g/mol. The molecule has 0 aromatic heterocycles. The third-order valence-electron chi connectivity index (χ3n) is 6.47. The van der Waals surface area contributed by atoms with E-state index in [2.05, 4.69) is 11.0 Å². The van der Waals surface area contributed by atoms with Crippen LogP contribution in [0.25, 0.3) is 11.1 Å². The Kier molecular flexibility index (Phi) is 7.82. The van der Waals surface area contributed by atoms with E-state index in [4.69, 9.17) is 14.7 Å². The maximum atomic E-state index is 12.7. The third-order valence-corrected chi connectivity index (χ3v) is 6.47. The summed E-state index contributed by atoms with van der Waals surface area (Å²) >= 11 is 0. The van der Waals surface area contributed by atoms with Gasteiger partial charge in [0.1, 0.15) is 5.75 Å². The third kappa shape index (κ3) is 6.04. The van der Waals surface area contributed by atoms with E-state index in [0.29, 0.717) is 38.5 Å². The predicted molar refractivity (Wildman–Crippen MR) is 127 cm³/mol. The summed E-state index contributed by atoms with van der Waals surface area (Å²) in [7, 11) is 1.93. The van der Waals surface area contributed by atoms with E-state index >= 15 is 0 Å². The molecule has 2 aromatic carbocycles. The van der Waals surface area contributed by atoms with E-state index in [9.17, 15) is 4.79 Å². The van der Waals surface area contributed by atoms with Gasteiger partial charge in [-0.05, 0) is 48.2 Å². The lowest BCUT2D eigenvalue weighted by Crippen LogP contribution is -2.50. The minimum absolute atomic E-state index is 0.123. The minimum Gasteiger partial charge on any atom is -0.494 e. The summed E-state index contributed by atoms with van der Waals surface area (Å²) in [6.45, 7) is 6.22. The second kappa shape index (κ2) is 11.2. The molecule has 7 nitrogen and oxygen atoms in total. The zero-order valence-corrected chi connectivity index (χ0v) is 19.3. The van der Waals surface area contributed by atoms with Crippen molar-refractivity contribution in [2.24, 2.45) is 0 Å². The number of carbonyl (C=O) groups is 1. The van der Waals surface area contributed by atoms with Crippen molar-refractivity contribution in [1.29, 1.82) is 5.26 Å². The second-order valence-electron chi connectivity index (χ2n) is 8.65. The SMILES string of the molecule is CN(C(=O)N1CCOCC1)[C@@H]1CCN(CCCOc2ccc(-c3ccc(C#N)cc3)cc2)C1. The highest BCUT2D eigenvalue weighted by molar-refractivity contribution is 5.74. The van der Waals surface area contributed by atoms with E-state index in [0.717, 1.165) is 49.4 Å². The van der Waals surface area contributed by atoms with E-state index in [1.165, 1.54) is 0 Å². The number of carbonyl (C=O) groups excluding carboxylic acids is 1. The Hall–Kier alpha value is -3.08. The van der Waals surface area contributed by atoms with Gasteiger partial charge in [-0.25, -0.2) is 4.79 Å². The van der Waals surface area contributed by atoms with E-state index < -0.39 is 0 Å². The average molecular weight is 449 g/mol. The number of morpholine rings is 1. The first-order chi connectivity index (χ1) is 16.1. The van der Waals surface area contributed by atoms with Crippen LogP contribution in [-0.2, 0) is 4.74 Å². The molecule has 2 aromatic rings. The Morgan fingerprint density at radius 1 is 1.09 bits per heavy atom. The van der Waals surface area contributed by atoms with Crippen LogP contribution in [0.4, 0.5) is 4.79 Å². The van der Waals surface area contributed by atoms with Crippen LogP contribution in [0.2, 0.25) is 0 Å². The maximum Gasteiger partial charge on any atom is 0.320 e. The highest BCUT2D eigenvalue weighted by Crippen LogP contribution is 2.23. The number of rotatable bonds is 7. The minimum atomic E-state index is 0.123. The summed E-state index contributed by atoms with van der Waals surface area (Å²) in [4.78, 5) is 18.9. The van der Waals surface area contributed by atoms with Crippen LogP contribution in [0.1, 0.15) is 18.4 Å². The number of ether oxygens (including phenoxy) is 2. The highest BCUT2D eigenvalue weighted by atomic mass is 16.5. The van der Waals surface area contributed by atoms with Gasteiger partial charge in [-0.2, -0.15) is 5.26 Å². The smallest absolute Gasteiger partial charge is 0.320 e. The molecule has 7 heteroatoms. The Bertz CT molecular complexity index is 949. The Morgan fingerprint density at radius 3 is 2.42 bits per heavy atom. The van der Waals surface area contributed by atoms with Gasteiger partial charge in [-0.3, -0.25) is 0 Å². The Morgan fingerprint density at radius 2 is 1.76 bits per heavy atom. The number of amides is 2. The first-order valence-corrected chi connectivity index (χ1v) is 11.7. The van der Waals surface area contributed by atoms with Gasteiger partial charge in [0.2, 0.25) is 0 Å². The molecular formula is C26H32N4O3. The molecule has 0 saturated carbocycles. The van der Waals surface area contributed by atoms with Crippen LogP contribution in [0.5, 0.6) is 5.75 Å². The normalized spacial score (nSPS) is 18.7. The Labute approximate surface area is 196 Å². The number of nitrogens with zero attached hydrogens (tertiary/aromatic N) is 4. The van der Waals surface area contributed by atoms with Crippen LogP contribution in [-0.4, -0.2) is 86.4 Å². The fraction of sp³-hybridized carbons (Fsp3) is 0.462. The maximum absolute atomic E-state index is 12.7. The molecule has 2 aliphatic rings. The van der Waals surface area contributed by atoms with Crippen molar-refractivity contribution in [3.63, 3.8) is 0 Å². The van der Waals surface area contributed by atoms with Crippen molar-refractivity contribution in [1.82, 2.24) is 14.7 Å².